The molecule has 0 aromatic heterocycles. The summed E-state index contributed by atoms with van der Waals surface area (Å²) in [5, 5.41) is 8.39. The monoisotopic (exact) mass is 205 g/mol. The number of Topliss-reactive ketones (excluding diaryl/α,β-unsaturated/α-hetero) is 1. The summed E-state index contributed by atoms with van der Waals surface area (Å²) in [6.07, 6.45) is 0. The van der Waals surface area contributed by atoms with Gasteiger partial charge in [-0.2, -0.15) is 5.26 Å². The van der Waals surface area contributed by atoms with Gasteiger partial charge in [0, 0.05) is 6.07 Å². The first kappa shape index (κ1) is 11.1. The zero-order valence-corrected chi connectivity index (χ0v) is 8.61. The summed E-state index contributed by atoms with van der Waals surface area (Å²) in [5.74, 6) is 0.863. The van der Waals surface area contributed by atoms with Crippen LogP contribution in [0.25, 0.3) is 0 Å². The van der Waals surface area contributed by atoms with E-state index in [0.717, 1.165) is 0 Å². The molecule has 15 heavy (non-hydrogen) atoms. The molecule has 0 aliphatic heterocycles. The van der Waals surface area contributed by atoms with Crippen LogP contribution in [0.15, 0.2) is 18.2 Å². The highest BCUT2D eigenvalue weighted by atomic mass is 16.5. The maximum absolute atomic E-state index is 11.2. The molecule has 0 spiro atoms. The lowest BCUT2D eigenvalue weighted by Gasteiger charge is -2.08. The fourth-order valence-electron chi connectivity index (χ4n) is 1.15. The lowest BCUT2D eigenvalue weighted by molar-refractivity contribution is 0.101. The molecule has 1 aromatic carbocycles. The molecule has 0 fully saturated rings. The van der Waals surface area contributed by atoms with Gasteiger partial charge in [-0.05, 0) is 19.1 Å². The van der Waals surface area contributed by atoms with E-state index < -0.39 is 0 Å². The van der Waals surface area contributed by atoms with Crippen LogP contribution < -0.4 is 9.47 Å². The van der Waals surface area contributed by atoms with Crippen molar-refractivity contribution in [3.63, 3.8) is 0 Å². The Morgan fingerprint density at radius 2 is 2.27 bits per heavy atom. The van der Waals surface area contributed by atoms with E-state index in [0.29, 0.717) is 17.1 Å². The quantitative estimate of drug-likeness (QED) is 0.703. The number of rotatable bonds is 4. The lowest BCUT2D eigenvalue weighted by Crippen LogP contribution is -2.01. The Morgan fingerprint density at radius 1 is 1.53 bits per heavy atom. The second kappa shape index (κ2) is 5.01. The molecule has 0 saturated heterocycles. The molecule has 78 valence electrons. The maximum atomic E-state index is 11.2. The predicted molar refractivity (Wildman–Crippen MR) is 54.1 cm³/mol. The summed E-state index contributed by atoms with van der Waals surface area (Å²) in [5.41, 5.74) is 0.450. The average Bonchev–Trinajstić information content (AvgIpc) is 2.25. The maximum Gasteiger partial charge on any atom is 0.174 e. The largest absolute Gasteiger partial charge is 0.497 e. The van der Waals surface area contributed by atoms with Gasteiger partial charge in [0.25, 0.3) is 0 Å². The molecule has 1 rings (SSSR count). The number of nitriles is 1. The molecule has 0 heterocycles. The molecular formula is C11H11NO3. The minimum Gasteiger partial charge on any atom is -0.497 e. The van der Waals surface area contributed by atoms with E-state index >= 15 is 0 Å². The summed E-state index contributed by atoms with van der Waals surface area (Å²) < 4.78 is 10.1. The summed E-state index contributed by atoms with van der Waals surface area (Å²) in [7, 11) is 1.52. The van der Waals surface area contributed by atoms with Crippen LogP contribution in [0.2, 0.25) is 0 Å². The molecule has 4 heteroatoms. The molecule has 0 aliphatic rings. The van der Waals surface area contributed by atoms with E-state index in [4.69, 9.17) is 14.7 Å². The first-order valence-electron chi connectivity index (χ1n) is 4.37. The number of ether oxygens (including phenoxy) is 2. The fraction of sp³-hybridized carbons (Fsp3) is 0.273. The Balaban J connectivity index is 3.06. The molecule has 1 aromatic rings. The number of nitrogens with zero attached hydrogens (tertiary/aromatic N) is 1. The van der Waals surface area contributed by atoms with Crippen LogP contribution in [0.5, 0.6) is 11.5 Å². The Kier molecular flexibility index (Phi) is 3.69. The molecule has 0 aliphatic carbocycles. The van der Waals surface area contributed by atoms with Gasteiger partial charge >= 0.3 is 0 Å². The number of ketones is 1. The second-order valence-electron chi connectivity index (χ2n) is 2.87. The van der Waals surface area contributed by atoms with Gasteiger partial charge in [0.05, 0.1) is 12.7 Å². The number of carbonyl (C=O) groups excluding carboxylic acids is 1. The Labute approximate surface area is 88.0 Å². The highest BCUT2D eigenvalue weighted by Crippen LogP contribution is 2.25. The van der Waals surface area contributed by atoms with Gasteiger partial charge in [-0.25, -0.2) is 0 Å². The highest BCUT2D eigenvalue weighted by molar-refractivity contribution is 5.97. The smallest absolute Gasteiger partial charge is 0.174 e. The van der Waals surface area contributed by atoms with Gasteiger partial charge in [0.2, 0.25) is 0 Å². The van der Waals surface area contributed by atoms with Gasteiger partial charge in [-0.1, -0.05) is 0 Å². The highest BCUT2D eigenvalue weighted by Gasteiger charge is 2.09. The van der Waals surface area contributed by atoms with E-state index in [1.165, 1.54) is 14.0 Å². The summed E-state index contributed by atoms with van der Waals surface area (Å²) >= 11 is 0. The third-order valence-corrected chi connectivity index (χ3v) is 1.86. The first-order chi connectivity index (χ1) is 7.19. The normalized spacial score (nSPS) is 9.13. The van der Waals surface area contributed by atoms with Gasteiger partial charge < -0.3 is 9.47 Å². The Bertz CT molecular complexity index is 407. The van der Waals surface area contributed by atoms with Crippen molar-refractivity contribution >= 4 is 5.78 Å². The first-order valence-corrected chi connectivity index (χ1v) is 4.37. The number of methoxy groups -OCH3 is 1. The van der Waals surface area contributed by atoms with Crippen molar-refractivity contribution in [1.82, 2.24) is 0 Å². The van der Waals surface area contributed by atoms with Crippen molar-refractivity contribution in [3.05, 3.63) is 23.8 Å². The van der Waals surface area contributed by atoms with Crippen LogP contribution >= 0.6 is 0 Å². The zero-order valence-electron chi connectivity index (χ0n) is 8.61. The van der Waals surface area contributed by atoms with E-state index in [9.17, 15) is 4.79 Å². The van der Waals surface area contributed by atoms with Gasteiger partial charge in [-0.3, -0.25) is 4.79 Å². The summed E-state index contributed by atoms with van der Waals surface area (Å²) in [6.45, 7) is 1.36. The zero-order chi connectivity index (χ0) is 11.3. The fourth-order valence-corrected chi connectivity index (χ4v) is 1.15. The minimum absolute atomic E-state index is 0.0898. The number of benzene rings is 1. The van der Waals surface area contributed by atoms with Crippen LogP contribution in [-0.4, -0.2) is 19.5 Å². The van der Waals surface area contributed by atoms with Crippen molar-refractivity contribution in [2.75, 3.05) is 13.7 Å². The third kappa shape index (κ3) is 2.71. The van der Waals surface area contributed by atoms with Crippen molar-refractivity contribution < 1.29 is 14.3 Å². The summed E-state index contributed by atoms with van der Waals surface area (Å²) in [6, 6.07) is 6.73. The van der Waals surface area contributed by atoms with Crippen LogP contribution in [-0.2, 0) is 0 Å². The SMILES string of the molecule is COc1ccc(C(C)=O)c(OCC#N)c1. The molecule has 0 N–H and O–H groups in total. The lowest BCUT2D eigenvalue weighted by atomic mass is 10.1. The van der Waals surface area contributed by atoms with Gasteiger partial charge in [0.1, 0.15) is 17.6 Å². The summed E-state index contributed by atoms with van der Waals surface area (Å²) in [4.78, 5) is 11.2. The van der Waals surface area contributed by atoms with Crippen LogP contribution in [0.4, 0.5) is 0 Å². The van der Waals surface area contributed by atoms with E-state index in [1.54, 1.807) is 18.2 Å². The van der Waals surface area contributed by atoms with Crippen molar-refractivity contribution in [2.45, 2.75) is 6.92 Å². The van der Waals surface area contributed by atoms with Gasteiger partial charge in [-0.15, -0.1) is 0 Å². The topological polar surface area (TPSA) is 59.3 Å². The molecular weight excluding hydrogens is 194 g/mol. The van der Waals surface area contributed by atoms with Gasteiger partial charge in [0.15, 0.2) is 12.4 Å². The van der Waals surface area contributed by atoms with E-state index in [1.807, 2.05) is 6.07 Å². The number of hydrogen-bond acceptors (Lipinski definition) is 4. The van der Waals surface area contributed by atoms with E-state index in [2.05, 4.69) is 0 Å². The van der Waals surface area contributed by atoms with Crippen molar-refractivity contribution in [3.8, 4) is 17.6 Å². The molecule has 4 nitrogen and oxygen atoms in total. The standard InChI is InChI=1S/C11H11NO3/c1-8(13)10-4-3-9(14-2)7-11(10)15-6-5-12/h3-4,7H,6H2,1-2H3. The van der Waals surface area contributed by atoms with Crippen molar-refractivity contribution in [1.29, 1.82) is 5.26 Å². The molecule has 0 amide bonds. The Hall–Kier alpha value is -2.02. The predicted octanol–water partition coefficient (Wildman–Crippen LogP) is 1.80. The molecule has 0 unspecified atom stereocenters. The number of carbonyl (C=O) groups is 1. The Morgan fingerprint density at radius 3 is 2.80 bits per heavy atom. The molecule has 0 saturated carbocycles. The molecule has 0 atom stereocenters. The van der Waals surface area contributed by atoms with E-state index in [-0.39, 0.29) is 12.4 Å². The minimum atomic E-state index is -0.106. The average molecular weight is 205 g/mol. The molecule has 0 radical (unpaired) electrons. The second-order valence-corrected chi connectivity index (χ2v) is 2.87. The van der Waals surface area contributed by atoms with Crippen molar-refractivity contribution in [2.24, 2.45) is 0 Å². The van der Waals surface area contributed by atoms with Crippen LogP contribution in [0.1, 0.15) is 17.3 Å². The number of hydrogen-bond donors (Lipinski definition) is 0. The van der Waals surface area contributed by atoms with Crippen LogP contribution in [0, 0.1) is 11.3 Å². The third-order valence-electron chi connectivity index (χ3n) is 1.86. The molecule has 0 bridgehead atoms. The van der Waals surface area contributed by atoms with Crippen LogP contribution in [0.3, 0.4) is 0 Å².